The molecule has 1 heterocycles. The van der Waals surface area contributed by atoms with E-state index in [4.69, 9.17) is 23.2 Å². The van der Waals surface area contributed by atoms with Gasteiger partial charge in [0.15, 0.2) is 9.84 Å². The quantitative estimate of drug-likeness (QED) is 0.642. The van der Waals surface area contributed by atoms with Gasteiger partial charge in [-0.15, -0.1) is 23.2 Å². The molecule has 6 nitrogen and oxygen atoms in total. The molecule has 1 aliphatic heterocycles. The molecule has 0 aromatic heterocycles. The molecule has 0 saturated carbocycles. The van der Waals surface area contributed by atoms with Crippen LogP contribution >= 0.6 is 23.2 Å². The molecule has 0 aliphatic carbocycles. The molecule has 0 spiro atoms. The molecule has 0 bridgehead atoms. The molecule has 1 aliphatic rings. The molecule has 1 fully saturated rings. The van der Waals surface area contributed by atoms with Crippen LogP contribution in [0.3, 0.4) is 0 Å². The first kappa shape index (κ1) is 14.5. The van der Waals surface area contributed by atoms with Crippen LogP contribution in [-0.2, 0) is 19.4 Å². The Labute approximate surface area is 109 Å². The van der Waals surface area contributed by atoms with Gasteiger partial charge in [-0.1, -0.05) is 0 Å². The maximum atomic E-state index is 11.4. The third-order valence-electron chi connectivity index (χ3n) is 2.29. The van der Waals surface area contributed by atoms with Crippen LogP contribution in [0.25, 0.3) is 0 Å². The van der Waals surface area contributed by atoms with E-state index in [0.717, 1.165) is 0 Å². The van der Waals surface area contributed by atoms with Crippen molar-refractivity contribution in [3.63, 3.8) is 0 Å². The number of sulfone groups is 1. The van der Waals surface area contributed by atoms with E-state index in [1.165, 1.54) is 0 Å². The van der Waals surface area contributed by atoms with Crippen molar-refractivity contribution in [2.24, 2.45) is 0 Å². The minimum atomic E-state index is -3.27. The summed E-state index contributed by atoms with van der Waals surface area (Å²) in [4.78, 5) is 22.2. The van der Waals surface area contributed by atoms with Gasteiger partial charge in [-0.05, 0) is 0 Å². The fraction of sp³-hybridized carbons (Fsp3) is 0.750. The Morgan fingerprint density at radius 3 is 1.65 bits per heavy atom. The van der Waals surface area contributed by atoms with E-state index >= 15 is 0 Å². The van der Waals surface area contributed by atoms with Gasteiger partial charge >= 0.3 is 0 Å². The number of alkyl halides is 2. The Bertz CT molecular complexity index is 380. The van der Waals surface area contributed by atoms with Gasteiger partial charge in [0.2, 0.25) is 11.8 Å². The number of hydrogen-bond acceptors (Lipinski definition) is 4. The first-order valence-electron chi connectivity index (χ1n) is 4.79. The van der Waals surface area contributed by atoms with Gasteiger partial charge in [0, 0.05) is 0 Å². The van der Waals surface area contributed by atoms with Gasteiger partial charge in [-0.25, -0.2) is 8.42 Å². The van der Waals surface area contributed by atoms with Crippen LogP contribution < -0.4 is 10.6 Å². The van der Waals surface area contributed by atoms with Crippen LogP contribution in [0.15, 0.2) is 0 Å². The number of nitrogens with one attached hydrogen (secondary N) is 2. The van der Waals surface area contributed by atoms with Gasteiger partial charge in [-0.2, -0.15) is 0 Å². The smallest absolute Gasteiger partial charge is 0.235 e. The van der Waals surface area contributed by atoms with Crippen LogP contribution in [0.1, 0.15) is 0 Å². The highest BCUT2D eigenvalue weighted by Gasteiger charge is 2.39. The first-order chi connectivity index (χ1) is 7.88. The van der Waals surface area contributed by atoms with Gasteiger partial charge < -0.3 is 10.6 Å². The van der Waals surface area contributed by atoms with Gasteiger partial charge in [-0.3, -0.25) is 9.59 Å². The second-order valence-electron chi connectivity index (χ2n) is 3.69. The fourth-order valence-electron chi connectivity index (χ4n) is 1.62. The van der Waals surface area contributed by atoms with Gasteiger partial charge in [0.1, 0.15) is 11.8 Å². The Morgan fingerprint density at radius 2 is 1.35 bits per heavy atom. The van der Waals surface area contributed by atoms with Crippen LogP contribution in [0.4, 0.5) is 0 Å². The lowest BCUT2D eigenvalue weighted by Crippen LogP contribution is -2.51. The molecule has 2 N–H and O–H groups in total. The maximum Gasteiger partial charge on any atom is 0.235 e. The fourth-order valence-corrected chi connectivity index (χ4v) is 3.64. The third-order valence-corrected chi connectivity index (χ3v) is 4.51. The van der Waals surface area contributed by atoms with E-state index in [1.54, 1.807) is 0 Å². The summed E-state index contributed by atoms with van der Waals surface area (Å²) in [7, 11) is -3.27. The van der Waals surface area contributed by atoms with Crippen molar-refractivity contribution >= 4 is 44.9 Å². The summed E-state index contributed by atoms with van der Waals surface area (Å²) in [6, 6.07) is -1.31. The van der Waals surface area contributed by atoms with Crippen LogP contribution in [0.5, 0.6) is 0 Å². The summed E-state index contributed by atoms with van der Waals surface area (Å²) in [5.41, 5.74) is 0. The Morgan fingerprint density at radius 1 is 1.00 bits per heavy atom. The molecule has 0 aromatic carbocycles. The number of amides is 2. The van der Waals surface area contributed by atoms with E-state index in [-0.39, 0.29) is 23.3 Å². The Balaban J connectivity index is 2.71. The van der Waals surface area contributed by atoms with Gasteiger partial charge in [0.25, 0.3) is 0 Å². The minimum Gasteiger partial charge on any atom is -0.349 e. The summed E-state index contributed by atoms with van der Waals surface area (Å²) < 4.78 is 22.8. The third kappa shape index (κ3) is 4.33. The summed E-state index contributed by atoms with van der Waals surface area (Å²) in [6.45, 7) is 0. The Kier molecular flexibility index (Phi) is 5.03. The number of carbonyl (C=O) groups is 2. The van der Waals surface area contributed by atoms with Crippen molar-refractivity contribution < 1.29 is 18.0 Å². The monoisotopic (exact) mass is 302 g/mol. The van der Waals surface area contributed by atoms with Crippen molar-refractivity contribution in [1.82, 2.24) is 10.6 Å². The van der Waals surface area contributed by atoms with Crippen molar-refractivity contribution in [3.8, 4) is 0 Å². The van der Waals surface area contributed by atoms with E-state index in [2.05, 4.69) is 10.6 Å². The standard InChI is InChI=1S/C8H12Cl2N2O4S/c9-1-7(13)11-5-3-17(15,16)4-6(5)12-8(14)2-10/h5-6H,1-4H2,(H,11,13)(H,12,14). The zero-order valence-corrected chi connectivity index (χ0v) is 11.1. The number of hydrogen-bond donors (Lipinski definition) is 2. The highest BCUT2D eigenvalue weighted by Crippen LogP contribution is 2.13. The van der Waals surface area contributed by atoms with Crippen molar-refractivity contribution in [2.75, 3.05) is 23.3 Å². The summed E-state index contributed by atoms with van der Waals surface area (Å²) >= 11 is 10.6. The minimum absolute atomic E-state index is 0.205. The SMILES string of the molecule is O=C(CCl)NC1CS(=O)(=O)CC1NC(=O)CCl. The lowest BCUT2D eigenvalue weighted by molar-refractivity contribution is -0.121. The molecule has 0 aromatic rings. The number of carbonyl (C=O) groups excluding carboxylic acids is 2. The van der Waals surface area contributed by atoms with Gasteiger partial charge in [0.05, 0.1) is 23.6 Å². The summed E-state index contributed by atoms with van der Waals surface area (Å²) in [5, 5.41) is 4.91. The lowest BCUT2D eigenvalue weighted by atomic mass is 10.1. The predicted octanol–water partition coefficient (Wildman–Crippen LogP) is -1.14. The molecule has 1 rings (SSSR count). The summed E-state index contributed by atoms with van der Waals surface area (Å²) in [6.07, 6.45) is 0. The first-order valence-corrected chi connectivity index (χ1v) is 7.68. The van der Waals surface area contributed by atoms with E-state index < -0.39 is 33.7 Å². The average Bonchev–Trinajstić information content (AvgIpc) is 2.52. The average molecular weight is 303 g/mol. The van der Waals surface area contributed by atoms with Crippen molar-refractivity contribution in [3.05, 3.63) is 0 Å². The van der Waals surface area contributed by atoms with Crippen molar-refractivity contribution in [1.29, 1.82) is 0 Å². The molecular formula is C8H12Cl2N2O4S. The van der Waals surface area contributed by atoms with E-state index in [9.17, 15) is 18.0 Å². The summed E-state index contributed by atoms with van der Waals surface area (Å²) in [5.74, 6) is -1.87. The molecule has 0 radical (unpaired) electrons. The highest BCUT2D eigenvalue weighted by atomic mass is 35.5. The maximum absolute atomic E-state index is 11.4. The molecule has 9 heteroatoms. The predicted molar refractivity (Wildman–Crippen MR) is 64.0 cm³/mol. The second-order valence-corrected chi connectivity index (χ2v) is 6.38. The number of halogens is 2. The lowest BCUT2D eigenvalue weighted by Gasteiger charge is -2.19. The zero-order valence-electron chi connectivity index (χ0n) is 8.78. The van der Waals surface area contributed by atoms with E-state index in [0.29, 0.717) is 0 Å². The molecule has 2 amide bonds. The molecule has 17 heavy (non-hydrogen) atoms. The Hall–Kier alpha value is -0.530. The second kappa shape index (κ2) is 5.88. The molecular weight excluding hydrogens is 291 g/mol. The molecule has 98 valence electrons. The molecule has 1 saturated heterocycles. The van der Waals surface area contributed by atoms with Crippen molar-refractivity contribution in [2.45, 2.75) is 12.1 Å². The number of rotatable bonds is 4. The van der Waals surface area contributed by atoms with Crippen LogP contribution in [0.2, 0.25) is 0 Å². The van der Waals surface area contributed by atoms with E-state index in [1.807, 2.05) is 0 Å². The zero-order chi connectivity index (χ0) is 13.1. The highest BCUT2D eigenvalue weighted by molar-refractivity contribution is 7.91. The topological polar surface area (TPSA) is 92.3 Å². The normalized spacial score (nSPS) is 26.5. The molecule has 2 unspecified atom stereocenters. The van der Waals surface area contributed by atoms with Crippen LogP contribution in [0, 0.1) is 0 Å². The van der Waals surface area contributed by atoms with Crippen LogP contribution in [-0.4, -0.2) is 55.6 Å². The largest absolute Gasteiger partial charge is 0.349 e. The molecule has 2 atom stereocenters.